The van der Waals surface area contributed by atoms with Gasteiger partial charge in [0.15, 0.2) is 5.92 Å². The van der Waals surface area contributed by atoms with Crippen LogP contribution >= 0.6 is 0 Å². The third-order valence-corrected chi connectivity index (χ3v) is 2.92. The second-order valence-corrected chi connectivity index (χ2v) is 4.15. The van der Waals surface area contributed by atoms with Crippen molar-refractivity contribution in [3.05, 3.63) is 5.92 Å². The van der Waals surface area contributed by atoms with Gasteiger partial charge in [-0.15, -0.1) is 0 Å². The minimum Gasteiger partial charge on any atom is -0.418 e. The molecule has 2 aliphatic carbocycles. The third-order valence-electron chi connectivity index (χ3n) is 2.92. The molecule has 0 aliphatic heterocycles. The first-order valence-corrected chi connectivity index (χ1v) is 5.78. The molecule has 2 rings (SSSR count). The van der Waals surface area contributed by atoms with E-state index in [1.807, 2.05) is 0 Å². The number of ether oxygens (including phenoxy) is 1. The average molecular weight is 240 g/mol. The highest BCUT2D eigenvalue weighted by Crippen LogP contribution is 2.52. The van der Waals surface area contributed by atoms with Gasteiger partial charge >= 0.3 is 7.25 Å². The summed E-state index contributed by atoms with van der Waals surface area (Å²) in [6.07, 6.45) is 7.63. The van der Waals surface area contributed by atoms with E-state index in [9.17, 15) is 17.3 Å². The number of fused-ring (bicyclic) bond motifs is 1. The summed E-state index contributed by atoms with van der Waals surface area (Å²) in [5, 5.41) is 0. The summed E-state index contributed by atoms with van der Waals surface area (Å²) in [7, 11) is -6.00. The summed E-state index contributed by atoms with van der Waals surface area (Å²) in [6, 6.07) is 0. The van der Waals surface area contributed by atoms with Crippen LogP contribution in [0, 0.1) is 11.8 Å². The van der Waals surface area contributed by atoms with Crippen LogP contribution in [-0.4, -0.2) is 20.0 Å². The van der Waals surface area contributed by atoms with Crippen molar-refractivity contribution < 1.29 is 22.0 Å². The average Bonchev–Trinajstić information content (AvgIpc) is 2.80. The van der Waals surface area contributed by atoms with Crippen LogP contribution < -0.4 is 0 Å². The number of hydrogen-bond acceptors (Lipinski definition) is 1. The molecule has 0 aromatic carbocycles. The molecule has 2 atom stereocenters. The molecule has 0 bridgehead atoms. The summed E-state index contributed by atoms with van der Waals surface area (Å²) in [6.45, 7) is 2.99. The van der Waals surface area contributed by atoms with Gasteiger partial charge in [0.05, 0.1) is 6.42 Å². The van der Waals surface area contributed by atoms with Crippen LogP contribution in [0.25, 0.3) is 0 Å². The smallest absolute Gasteiger partial charge is 0.418 e. The van der Waals surface area contributed by atoms with Gasteiger partial charge in [-0.2, -0.15) is 0 Å². The molecule has 0 aromatic heterocycles. The van der Waals surface area contributed by atoms with Crippen LogP contribution in [0.1, 0.15) is 39.0 Å². The van der Waals surface area contributed by atoms with Gasteiger partial charge in [-0.3, -0.25) is 0 Å². The van der Waals surface area contributed by atoms with Crippen molar-refractivity contribution in [2.45, 2.75) is 45.1 Å². The highest BCUT2D eigenvalue weighted by molar-refractivity contribution is 6.50. The largest absolute Gasteiger partial charge is 0.673 e. The highest BCUT2D eigenvalue weighted by Gasteiger charge is 2.64. The van der Waals surface area contributed by atoms with Crippen molar-refractivity contribution in [2.24, 2.45) is 5.92 Å². The molecular weight excluding hydrogens is 223 g/mol. The molecule has 2 fully saturated rings. The van der Waals surface area contributed by atoms with Crippen molar-refractivity contribution in [2.75, 3.05) is 6.61 Å². The monoisotopic (exact) mass is 240 g/mol. The second kappa shape index (κ2) is 5.80. The molecule has 6 heteroatoms. The van der Waals surface area contributed by atoms with E-state index in [0.29, 0.717) is 6.10 Å². The Bertz CT molecular complexity index is 185. The van der Waals surface area contributed by atoms with Gasteiger partial charge in [0.1, 0.15) is 5.92 Å². The van der Waals surface area contributed by atoms with Gasteiger partial charge in [-0.05, 0) is 32.6 Å². The Morgan fingerprint density at radius 2 is 1.81 bits per heavy atom. The number of halogens is 4. The van der Waals surface area contributed by atoms with Crippen molar-refractivity contribution in [3.8, 4) is 0 Å². The lowest BCUT2D eigenvalue weighted by Gasteiger charge is -1.94. The summed E-state index contributed by atoms with van der Waals surface area (Å²) < 4.78 is 44.6. The molecule has 16 heavy (non-hydrogen) atoms. The van der Waals surface area contributed by atoms with E-state index >= 15 is 0 Å². The van der Waals surface area contributed by atoms with E-state index in [0.717, 1.165) is 12.5 Å². The molecule has 2 saturated carbocycles. The van der Waals surface area contributed by atoms with Crippen molar-refractivity contribution in [3.63, 3.8) is 0 Å². The topological polar surface area (TPSA) is 9.23 Å². The molecule has 0 radical (unpaired) electrons. The second-order valence-electron chi connectivity index (χ2n) is 4.15. The van der Waals surface area contributed by atoms with Gasteiger partial charge in [0, 0.05) is 6.61 Å². The normalized spacial score (nSPS) is 28.7. The van der Waals surface area contributed by atoms with Gasteiger partial charge in [-0.25, -0.2) is 0 Å². The summed E-state index contributed by atoms with van der Waals surface area (Å²) in [5.74, 6) is 2.60. The van der Waals surface area contributed by atoms with Gasteiger partial charge < -0.3 is 22.0 Å². The molecule has 0 spiro atoms. The standard InChI is InChI=1S/C10H17O.BF4/c1-2-11-10-8-6-4-3-5-7-9(8)10;2-1(3,4)5/h8,10H,2-7H2,1H3;/q+1;-1. The van der Waals surface area contributed by atoms with E-state index in [2.05, 4.69) is 6.92 Å². The Morgan fingerprint density at radius 3 is 2.38 bits per heavy atom. The maximum Gasteiger partial charge on any atom is 0.673 e. The van der Waals surface area contributed by atoms with E-state index in [-0.39, 0.29) is 0 Å². The third kappa shape index (κ3) is 5.10. The molecule has 0 N–H and O–H groups in total. The van der Waals surface area contributed by atoms with E-state index in [1.165, 1.54) is 32.1 Å². The van der Waals surface area contributed by atoms with Crippen LogP contribution in [-0.2, 0) is 4.74 Å². The quantitative estimate of drug-likeness (QED) is 0.404. The number of hydrogen-bond donors (Lipinski definition) is 0. The predicted octanol–water partition coefficient (Wildman–Crippen LogP) is 3.86. The Hall–Kier alpha value is -0.385. The van der Waals surface area contributed by atoms with Crippen LogP contribution in [0.3, 0.4) is 0 Å². The first-order chi connectivity index (χ1) is 7.43. The number of rotatable bonds is 2. The van der Waals surface area contributed by atoms with Crippen molar-refractivity contribution in [1.29, 1.82) is 0 Å². The lowest BCUT2D eigenvalue weighted by molar-refractivity contribution is 0.120. The maximum absolute atomic E-state index is 9.75. The molecule has 1 nitrogen and oxygen atoms in total. The first-order valence-electron chi connectivity index (χ1n) is 5.78. The van der Waals surface area contributed by atoms with Gasteiger partial charge in [0.25, 0.3) is 0 Å². The fourth-order valence-corrected chi connectivity index (χ4v) is 2.28. The SMILES string of the molecule is CCOC1[C+]2CCCCCC21.F[B-](F)(F)F. The lowest BCUT2D eigenvalue weighted by atomic mass is 10.1. The first kappa shape index (κ1) is 13.7. The molecule has 0 saturated heterocycles. The zero-order chi connectivity index (χ0) is 12.2. The van der Waals surface area contributed by atoms with Crippen LogP contribution in [0.15, 0.2) is 0 Å². The molecule has 2 aliphatic rings. The van der Waals surface area contributed by atoms with E-state index in [4.69, 9.17) is 4.74 Å². The molecule has 2 unspecified atom stereocenters. The van der Waals surface area contributed by atoms with Crippen LogP contribution in [0.5, 0.6) is 0 Å². The fraction of sp³-hybridized carbons (Fsp3) is 0.900. The molecule has 0 heterocycles. The fourth-order valence-electron chi connectivity index (χ4n) is 2.28. The Balaban J connectivity index is 0.000000221. The van der Waals surface area contributed by atoms with Crippen LogP contribution in [0.4, 0.5) is 17.3 Å². The molecule has 0 aromatic rings. The zero-order valence-electron chi connectivity index (χ0n) is 9.39. The van der Waals surface area contributed by atoms with Gasteiger partial charge in [-0.1, -0.05) is 0 Å². The Labute approximate surface area is 93.6 Å². The van der Waals surface area contributed by atoms with Crippen molar-refractivity contribution in [1.82, 2.24) is 0 Å². The van der Waals surface area contributed by atoms with Crippen LogP contribution in [0.2, 0.25) is 0 Å². The van der Waals surface area contributed by atoms with Gasteiger partial charge in [0.2, 0.25) is 6.10 Å². The summed E-state index contributed by atoms with van der Waals surface area (Å²) in [4.78, 5) is 0. The zero-order valence-corrected chi connectivity index (χ0v) is 9.39. The maximum atomic E-state index is 9.75. The Kier molecular flexibility index (Phi) is 4.96. The lowest BCUT2D eigenvalue weighted by Crippen LogP contribution is -2.02. The highest BCUT2D eigenvalue weighted by atomic mass is 19.5. The minimum atomic E-state index is -6.00. The van der Waals surface area contributed by atoms with Crippen molar-refractivity contribution >= 4 is 7.25 Å². The molecule has 0 amide bonds. The summed E-state index contributed by atoms with van der Waals surface area (Å²) >= 11 is 0. The minimum absolute atomic E-state index is 0.584. The van der Waals surface area contributed by atoms with E-state index < -0.39 is 7.25 Å². The predicted molar refractivity (Wildman–Crippen MR) is 55.4 cm³/mol. The van der Waals surface area contributed by atoms with E-state index in [1.54, 1.807) is 5.92 Å². The molecular formula is C10H17BF4O. The Morgan fingerprint density at radius 1 is 1.19 bits per heavy atom. The summed E-state index contributed by atoms with van der Waals surface area (Å²) in [5.41, 5.74) is 0. The molecule has 94 valence electrons.